The lowest BCUT2D eigenvalue weighted by atomic mass is 9.88. The summed E-state index contributed by atoms with van der Waals surface area (Å²) in [5.74, 6) is -34.3. The molecule has 0 aliphatic carbocycles. The van der Waals surface area contributed by atoms with Crippen LogP contribution < -0.4 is 8.92 Å². The van der Waals surface area contributed by atoms with Crippen molar-refractivity contribution in [3.63, 3.8) is 0 Å². The number of hydrogen-bond donors (Lipinski definition) is 0. The Bertz CT molecular complexity index is 1390. The molecular formula is C24H16F10O4S. The number of ether oxygens (including phenoxy) is 1. The van der Waals surface area contributed by atoms with E-state index < -0.39 is 56.6 Å². The van der Waals surface area contributed by atoms with Gasteiger partial charge in [0.25, 0.3) is 0 Å². The maximum absolute atomic E-state index is 14.6. The normalized spacial score (nSPS) is 13.7. The Labute approximate surface area is 214 Å². The Morgan fingerprint density at radius 3 is 1.26 bits per heavy atom. The largest absolute Gasteiger partial charge is 0.457 e. The first-order chi connectivity index (χ1) is 17.7. The van der Waals surface area contributed by atoms with Gasteiger partial charge < -0.3 is 8.92 Å². The molecule has 0 amide bonds. The van der Waals surface area contributed by atoms with Crippen molar-refractivity contribution in [1.82, 2.24) is 0 Å². The van der Waals surface area contributed by atoms with E-state index in [-0.39, 0.29) is 35.8 Å². The van der Waals surface area contributed by atoms with E-state index in [1.165, 1.54) is 24.3 Å². The van der Waals surface area contributed by atoms with Gasteiger partial charge >= 0.3 is 39.7 Å². The lowest BCUT2D eigenvalue weighted by Crippen LogP contribution is -2.65. The van der Waals surface area contributed by atoms with Crippen LogP contribution in [0.4, 0.5) is 43.9 Å². The van der Waals surface area contributed by atoms with Crippen LogP contribution >= 0.6 is 0 Å². The predicted octanol–water partition coefficient (Wildman–Crippen LogP) is 7.61. The molecule has 3 aromatic carbocycles. The molecule has 212 valence electrons. The molecule has 15 heteroatoms. The van der Waals surface area contributed by atoms with Gasteiger partial charge in [-0.15, -0.1) is 0 Å². The zero-order valence-electron chi connectivity index (χ0n) is 19.3. The van der Waals surface area contributed by atoms with Crippen LogP contribution in [-0.4, -0.2) is 32.4 Å². The van der Waals surface area contributed by atoms with Crippen molar-refractivity contribution in [2.75, 3.05) is 6.26 Å². The molecule has 3 aromatic rings. The summed E-state index contributed by atoms with van der Waals surface area (Å²) in [6.45, 7) is 0. The van der Waals surface area contributed by atoms with Crippen LogP contribution in [-0.2, 0) is 22.0 Å². The summed E-state index contributed by atoms with van der Waals surface area (Å²) in [5.41, 5.74) is -3.89. The van der Waals surface area contributed by atoms with Crippen LogP contribution in [0.3, 0.4) is 0 Å². The first-order valence-corrected chi connectivity index (χ1v) is 12.3. The van der Waals surface area contributed by atoms with Crippen molar-refractivity contribution in [3.05, 3.63) is 90.0 Å². The minimum Gasteiger partial charge on any atom is -0.457 e. The summed E-state index contributed by atoms with van der Waals surface area (Å²) >= 11 is 0. The first-order valence-electron chi connectivity index (χ1n) is 10.5. The van der Waals surface area contributed by atoms with E-state index in [0.717, 1.165) is 0 Å². The summed E-state index contributed by atoms with van der Waals surface area (Å²) in [5, 5.41) is 0. The highest BCUT2D eigenvalue weighted by atomic mass is 32.2. The SMILES string of the molecule is CS(=O)(=O)Oc1ccc(C(F)(F)C(F)(F)C(F)(F)C(F)(F)C(F)(F)c2ccc(Oc3ccccc3)cc2)cc1. The third-order valence-corrected chi connectivity index (χ3v) is 5.73. The molecule has 0 aliphatic heterocycles. The molecule has 0 aliphatic rings. The Kier molecular flexibility index (Phi) is 7.64. The van der Waals surface area contributed by atoms with Crippen molar-refractivity contribution >= 4 is 10.1 Å². The van der Waals surface area contributed by atoms with E-state index in [1.807, 2.05) is 0 Å². The van der Waals surface area contributed by atoms with Crippen molar-refractivity contribution in [2.24, 2.45) is 0 Å². The van der Waals surface area contributed by atoms with Gasteiger partial charge in [0.1, 0.15) is 17.2 Å². The van der Waals surface area contributed by atoms with Gasteiger partial charge in [-0.2, -0.15) is 52.3 Å². The van der Waals surface area contributed by atoms with Crippen molar-refractivity contribution in [2.45, 2.75) is 29.6 Å². The Hall–Kier alpha value is -3.49. The smallest absolute Gasteiger partial charge is 0.385 e. The van der Waals surface area contributed by atoms with E-state index >= 15 is 0 Å². The fourth-order valence-electron chi connectivity index (χ4n) is 3.21. The third kappa shape index (κ3) is 5.49. The van der Waals surface area contributed by atoms with Gasteiger partial charge in [0.15, 0.2) is 0 Å². The summed E-state index contributed by atoms with van der Waals surface area (Å²) < 4.78 is 176. The zero-order chi connectivity index (χ0) is 29.5. The lowest BCUT2D eigenvalue weighted by molar-refractivity contribution is -0.407. The summed E-state index contributed by atoms with van der Waals surface area (Å²) in [6.07, 6.45) is 0.538. The van der Waals surface area contributed by atoms with Crippen LogP contribution in [0.5, 0.6) is 17.2 Å². The Balaban J connectivity index is 1.92. The highest BCUT2D eigenvalue weighted by Crippen LogP contribution is 2.61. The molecule has 0 spiro atoms. The molecule has 0 fully saturated rings. The maximum atomic E-state index is 14.6. The highest BCUT2D eigenvalue weighted by molar-refractivity contribution is 7.86. The Morgan fingerprint density at radius 2 is 0.872 bits per heavy atom. The topological polar surface area (TPSA) is 52.6 Å². The van der Waals surface area contributed by atoms with Crippen molar-refractivity contribution in [3.8, 4) is 17.2 Å². The van der Waals surface area contributed by atoms with E-state index in [2.05, 4.69) is 4.18 Å². The molecule has 0 atom stereocenters. The van der Waals surface area contributed by atoms with Crippen molar-refractivity contribution in [1.29, 1.82) is 0 Å². The average molecular weight is 590 g/mol. The molecule has 4 nitrogen and oxygen atoms in total. The third-order valence-electron chi connectivity index (χ3n) is 5.24. The average Bonchev–Trinajstić information content (AvgIpc) is 2.84. The molecule has 0 saturated heterocycles. The molecule has 0 aromatic heterocycles. The molecule has 0 saturated carbocycles. The van der Waals surface area contributed by atoms with Crippen molar-refractivity contribution < 1.29 is 61.2 Å². The minimum absolute atomic E-state index is 0.00769. The second-order valence-electron chi connectivity index (χ2n) is 8.12. The number of para-hydroxylation sites is 1. The second-order valence-corrected chi connectivity index (χ2v) is 9.70. The molecule has 0 radical (unpaired) electrons. The van der Waals surface area contributed by atoms with Gasteiger partial charge in [0.2, 0.25) is 0 Å². The minimum atomic E-state index is -7.31. The lowest BCUT2D eigenvalue weighted by Gasteiger charge is -2.39. The molecule has 0 bridgehead atoms. The Morgan fingerprint density at radius 1 is 0.513 bits per heavy atom. The van der Waals surface area contributed by atoms with Crippen LogP contribution in [0.25, 0.3) is 0 Å². The predicted molar refractivity (Wildman–Crippen MR) is 118 cm³/mol. The van der Waals surface area contributed by atoms with E-state index in [1.54, 1.807) is 6.07 Å². The van der Waals surface area contributed by atoms with Gasteiger partial charge in [-0.05, 0) is 60.7 Å². The summed E-state index contributed by atoms with van der Waals surface area (Å²) in [7, 11) is -4.20. The van der Waals surface area contributed by atoms with Gasteiger partial charge in [-0.1, -0.05) is 18.2 Å². The summed E-state index contributed by atoms with van der Waals surface area (Å²) in [6, 6.07) is 9.96. The van der Waals surface area contributed by atoms with E-state index in [9.17, 15) is 52.3 Å². The molecular weight excluding hydrogens is 574 g/mol. The van der Waals surface area contributed by atoms with Gasteiger partial charge in [-0.3, -0.25) is 0 Å². The molecule has 0 unspecified atom stereocenters. The fourth-order valence-corrected chi connectivity index (χ4v) is 3.67. The standard InChI is InChI=1S/C24H16F10O4S/c1-39(35,36)38-19-13-9-16(10-14-19)21(27,28)23(31,32)24(33,34)22(29,30)20(25,26)15-7-11-18(12-8-15)37-17-5-3-2-4-6-17/h2-14H,1H3. The number of benzene rings is 3. The number of alkyl halides is 10. The highest BCUT2D eigenvalue weighted by Gasteiger charge is 2.86. The van der Waals surface area contributed by atoms with E-state index in [4.69, 9.17) is 4.74 Å². The second kappa shape index (κ2) is 9.92. The molecule has 0 heterocycles. The van der Waals surface area contributed by atoms with Gasteiger partial charge in [0.05, 0.1) is 6.26 Å². The van der Waals surface area contributed by atoms with Crippen LogP contribution in [0, 0.1) is 0 Å². The first kappa shape index (κ1) is 30.1. The zero-order valence-corrected chi connectivity index (χ0v) is 20.1. The van der Waals surface area contributed by atoms with Crippen LogP contribution in [0.1, 0.15) is 11.1 Å². The van der Waals surface area contributed by atoms with Gasteiger partial charge in [0, 0.05) is 11.1 Å². The molecule has 0 N–H and O–H groups in total. The number of hydrogen-bond acceptors (Lipinski definition) is 4. The molecule has 3 rings (SSSR count). The van der Waals surface area contributed by atoms with Crippen LogP contribution in [0.2, 0.25) is 0 Å². The number of rotatable bonds is 10. The molecule has 39 heavy (non-hydrogen) atoms. The summed E-state index contributed by atoms with van der Waals surface area (Å²) in [4.78, 5) is 0. The number of halogens is 10. The fraction of sp³-hybridized carbons (Fsp3) is 0.250. The van der Waals surface area contributed by atoms with E-state index in [0.29, 0.717) is 30.5 Å². The van der Waals surface area contributed by atoms with Crippen LogP contribution in [0.15, 0.2) is 78.9 Å². The van der Waals surface area contributed by atoms with Gasteiger partial charge in [-0.25, -0.2) is 0 Å². The quantitative estimate of drug-likeness (QED) is 0.180. The monoisotopic (exact) mass is 590 g/mol. The maximum Gasteiger partial charge on any atom is 0.385 e.